The summed E-state index contributed by atoms with van der Waals surface area (Å²) in [5, 5.41) is 28.9. The van der Waals surface area contributed by atoms with Crippen LogP contribution in [0.2, 0.25) is 0 Å². The summed E-state index contributed by atoms with van der Waals surface area (Å²) in [7, 11) is 0. The Kier molecular flexibility index (Phi) is 7.94. The highest BCUT2D eigenvalue weighted by Crippen LogP contribution is 2.65. The summed E-state index contributed by atoms with van der Waals surface area (Å²) < 4.78 is 5.29. The Balaban J connectivity index is 0.874. The van der Waals surface area contributed by atoms with Crippen molar-refractivity contribution < 1.29 is 10.1 Å². The predicted octanol–water partition coefficient (Wildman–Crippen LogP) is 11.7. The molecule has 292 valence electrons. The number of alkyl halides is 1. The number of fused-ring (bicyclic) bond motifs is 18. The normalized spacial score (nSPS) is 21.0. The zero-order valence-corrected chi connectivity index (χ0v) is 37.1. The Morgan fingerprint density at radius 1 is 0.475 bits per heavy atom. The van der Waals surface area contributed by atoms with E-state index in [1.165, 1.54) is 77.9 Å². The van der Waals surface area contributed by atoms with Gasteiger partial charge in [-0.25, -0.2) is 0 Å². The van der Waals surface area contributed by atoms with Crippen molar-refractivity contribution in [3.63, 3.8) is 0 Å². The van der Waals surface area contributed by atoms with E-state index in [1.807, 2.05) is 36.4 Å². The lowest BCUT2D eigenvalue weighted by Crippen LogP contribution is -2.97. The second-order valence-electron chi connectivity index (χ2n) is 16.8. The molecule has 0 fully saturated rings. The maximum absolute atomic E-state index is 14.5. The fraction of sp³-hybridized carbons (Fsp3) is 0.0727. The van der Waals surface area contributed by atoms with Crippen molar-refractivity contribution in [1.82, 2.24) is 0 Å². The average molecular weight is 1010 g/mol. The second kappa shape index (κ2) is 13.3. The van der Waals surface area contributed by atoms with Crippen LogP contribution in [0.4, 0.5) is 22.7 Å². The number of halogens is 2. The summed E-state index contributed by atoms with van der Waals surface area (Å²) in [6, 6.07) is 54.9. The van der Waals surface area contributed by atoms with Crippen molar-refractivity contribution in [2.75, 3.05) is 0 Å². The van der Waals surface area contributed by atoms with Gasteiger partial charge in [0.05, 0.1) is 10.8 Å². The third-order valence-corrected chi connectivity index (χ3v) is 16.7. The first-order chi connectivity index (χ1) is 30.0. The van der Waals surface area contributed by atoms with Gasteiger partial charge in [0.25, 0.3) is 0 Å². The minimum absolute atomic E-state index is 0.0413. The lowest BCUT2D eigenvalue weighted by atomic mass is 9.67. The molecule has 0 saturated heterocycles. The third-order valence-electron chi connectivity index (χ3n) is 14.1. The van der Waals surface area contributed by atoms with Crippen LogP contribution in [-0.4, -0.2) is 7.94 Å². The van der Waals surface area contributed by atoms with Crippen LogP contribution in [0.15, 0.2) is 202 Å². The summed E-state index contributed by atoms with van der Waals surface area (Å²) in [6.45, 7) is 0. The van der Waals surface area contributed by atoms with Gasteiger partial charge in [-0.1, -0.05) is 153 Å². The van der Waals surface area contributed by atoms with Gasteiger partial charge in [-0.3, -0.25) is 0 Å². The monoisotopic (exact) mass is 1010 g/mol. The van der Waals surface area contributed by atoms with Crippen LogP contribution in [0, 0.1) is 10.4 Å². The van der Waals surface area contributed by atoms with E-state index in [0.717, 1.165) is 17.5 Å². The van der Waals surface area contributed by atoms with Gasteiger partial charge >= 0.3 is 0 Å². The molecule has 5 aliphatic carbocycles. The first-order valence-electron chi connectivity index (χ1n) is 20.8. The largest absolute Gasteiger partial charge is 0.623 e. The molecular weight excluding hydrogens is 974 g/mol. The molecule has 4 unspecified atom stereocenters. The van der Waals surface area contributed by atoms with Gasteiger partial charge < -0.3 is 20.5 Å². The summed E-state index contributed by atoms with van der Waals surface area (Å²) in [5.74, 6) is 0. The molecule has 2 spiro atoms. The van der Waals surface area contributed by atoms with Crippen molar-refractivity contribution in [3.05, 3.63) is 246 Å². The minimum atomic E-state index is -0.519. The molecule has 0 radical (unpaired) electrons. The zero-order chi connectivity index (χ0) is 40.6. The average Bonchev–Trinajstić information content (AvgIpc) is 3.99. The molecular formula is C55H36I2N2O2. The molecule has 1 heterocycles. The fourth-order valence-corrected chi connectivity index (χ4v) is 14.3. The Labute approximate surface area is 377 Å². The smallest absolute Gasteiger partial charge is 0.136 e. The predicted molar refractivity (Wildman–Crippen MR) is 264 cm³/mol. The van der Waals surface area contributed by atoms with Crippen molar-refractivity contribution in [1.29, 1.82) is 0 Å². The Morgan fingerprint density at radius 3 is 1.41 bits per heavy atom. The lowest BCUT2D eigenvalue weighted by Gasteiger charge is -2.35. The molecule has 13 rings (SSSR count). The van der Waals surface area contributed by atoms with E-state index < -0.39 is 10.8 Å². The van der Waals surface area contributed by atoms with Crippen LogP contribution in [0.5, 0.6) is 0 Å². The number of rotatable bonds is 4. The number of benzene rings is 7. The molecule has 61 heavy (non-hydrogen) atoms. The molecule has 0 aromatic heterocycles. The van der Waals surface area contributed by atoms with Gasteiger partial charge in [0.15, 0.2) is 0 Å². The van der Waals surface area contributed by atoms with Gasteiger partial charge in [0.2, 0.25) is 0 Å². The van der Waals surface area contributed by atoms with E-state index in [2.05, 4.69) is 170 Å². The maximum Gasteiger partial charge on any atom is 0.136 e. The molecule has 6 heteroatoms. The summed E-state index contributed by atoms with van der Waals surface area (Å²) in [6.07, 6.45) is 8.01. The SMILES string of the molecule is [O-][NH+](c1ccc([NH+]([O-])c2ccc3c(c2)C2(c4ccccc4-c4ccccc42)c2ccccc2-3)cc1)c1ccc2c(c1)C1(C3=C(C=CI=C3)C3=C1CC(I)C=C3)c1ccccc1-2. The summed E-state index contributed by atoms with van der Waals surface area (Å²) in [4.78, 5) is 0. The standard InChI is InChI=1S/C55H36I2N2O2/c56-33-17-24-42-45-27-28-57-32-53(45)55(50(42)29-33)49-16-8-4-12-41(49)44-26-23-37(31-52(44)55)59(61)35-20-18-34(19-21-35)58(60)36-22-25-43-40-11-3-7-15-48(40)54(51(43)30-36)46-13-5-1-9-38(46)39-10-2-6-14-47(39)54/h1-28,30-33,58-59H,29H2. The molecule has 4 atom stereocenters. The lowest BCUT2D eigenvalue weighted by molar-refractivity contribution is -0.701. The quantitative estimate of drug-likeness (QED) is 0.105. The van der Waals surface area contributed by atoms with Crippen molar-refractivity contribution in [2.45, 2.75) is 21.2 Å². The number of nitrogens with one attached hydrogen (secondary N) is 2. The fourth-order valence-electron chi connectivity index (χ4n) is 11.7. The number of hydrogen-bond acceptors (Lipinski definition) is 2. The Bertz CT molecular complexity index is 3180. The van der Waals surface area contributed by atoms with Gasteiger partial charge in [-0.05, 0) is 122 Å². The highest BCUT2D eigenvalue weighted by Gasteiger charge is 2.55. The van der Waals surface area contributed by atoms with E-state index in [1.54, 1.807) is 0 Å². The van der Waals surface area contributed by atoms with Crippen LogP contribution in [0.25, 0.3) is 33.4 Å². The Hall–Kier alpha value is -5.33. The van der Waals surface area contributed by atoms with Crippen LogP contribution in [0.1, 0.15) is 39.8 Å². The molecule has 7 aromatic carbocycles. The molecule has 0 bridgehead atoms. The molecule has 2 N–H and O–H groups in total. The van der Waals surface area contributed by atoms with Gasteiger partial charge in [-0.15, -0.1) is 0 Å². The summed E-state index contributed by atoms with van der Waals surface area (Å²) in [5.41, 5.74) is 21.7. The van der Waals surface area contributed by atoms with Crippen molar-refractivity contribution >= 4 is 70.1 Å². The summed E-state index contributed by atoms with van der Waals surface area (Å²) >= 11 is 2.35. The van der Waals surface area contributed by atoms with Crippen molar-refractivity contribution in [2.24, 2.45) is 0 Å². The van der Waals surface area contributed by atoms with Crippen LogP contribution in [-0.2, 0) is 10.8 Å². The molecule has 0 amide bonds. The third kappa shape index (κ3) is 4.75. The van der Waals surface area contributed by atoms with E-state index in [0.29, 0.717) is 26.7 Å². The van der Waals surface area contributed by atoms with E-state index in [9.17, 15) is 10.4 Å². The molecule has 4 nitrogen and oxygen atoms in total. The van der Waals surface area contributed by atoms with Crippen LogP contribution >= 0.6 is 43.3 Å². The number of quaternary nitrogens is 2. The minimum Gasteiger partial charge on any atom is -0.623 e. The van der Waals surface area contributed by atoms with Crippen LogP contribution in [0.3, 0.4) is 0 Å². The first kappa shape index (κ1) is 36.3. The highest BCUT2D eigenvalue weighted by atomic mass is 127. The molecule has 1 aliphatic heterocycles. The van der Waals surface area contributed by atoms with E-state index in [4.69, 9.17) is 0 Å². The maximum atomic E-state index is 14.5. The molecule has 7 aromatic rings. The molecule has 6 aliphatic rings. The van der Waals surface area contributed by atoms with Crippen LogP contribution < -0.4 is 10.1 Å². The van der Waals surface area contributed by atoms with Gasteiger partial charge in [-0.2, -0.15) is 0 Å². The molecule has 0 saturated carbocycles. The van der Waals surface area contributed by atoms with Crippen molar-refractivity contribution in [3.8, 4) is 33.4 Å². The first-order valence-corrected chi connectivity index (χ1v) is 24.5. The highest BCUT2D eigenvalue weighted by molar-refractivity contribution is 14.2. The number of allylic oxidation sites excluding steroid dienone is 7. The zero-order valence-electron chi connectivity index (χ0n) is 32.8. The van der Waals surface area contributed by atoms with Gasteiger partial charge in [0, 0.05) is 52.5 Å². The van der Waals surface area contributed by atoms with E-state index >= 15 is 0 Å². The second-order valence-corrected chi connectivity index (χ2v) is 20.4. The topological polar surface area (TPSA) is 55.0 Å². The van der Waals surface area contributed by atoms with Gasteiger partial charge in [0.1, 0.15) is 22.7 Å². The Morgan fingerprint density at radius 2 is 0.902 bits per heavy atom. The number of hydrogen-bond donors (Lipinski definition) is 2. The van der Waals surface area contributed by atoms with E-state index in [-0.39, 0.29) is 30.9 Å².